The molecule has 10 heteroatoms. The summed E-state index contributed by atoms with van der Waals surface area (Å²) < 4.78 is 14.4. The minimum atomic E-state index is -0.816. The third-order valence-corrected chi connectivity index (χ3v) is 5.06. The molecule has 1 radical (unpaired) electrons. The number of carbonyl (C=O) groups is 2. The number of pyridine rings is 1. The van der Waals surface area contributed by atoms with Crippen LogP contribution in [0.4, 0.5) is 4.39 Å². The van der Waals surface area contributed by atoms with Gasteiger partial charge >= 0.3 is 0 Å². The van der Waals surface area contributed by atoms with Crippen LogP contribution in [0.3, 0.4) is 0 Å². The number of hydrogen-bond acceptors (Lipinski definition) is 4. The molecule has 2 heterocycles. The van der Waals surface area contributed by atoms with Crippen LogP contribution in [-0.4, -0.2) is 81.5 Å². The van der Waals surface area contributed by atoms with Crippen molar-refractivity contribution in [2.75, 3.05) is 20.6 Å². The van der Waals surface area contributed by atoms with Crippen molar-refractivity contribution >= 4 is 53.0 Å². The molecule has 0 fully saturated rings. The van der Waals surface area contributed by atoms with Crippen LogP contribution >= 0.6 is 11.6 Å². The Hall–Kier alpha value is -1.87. The van der Waals surface area contributed by atoms with Gasteiger partial charge in [0.1, 0.15) is 11.5 Å². The summed E-state index contributed by atoms with van der Waals surface area (Å²) in [5.74, 6) is -2.24. The number of aromatic nitrogens is 1. The number of aromatic hydroxyl groups is 1. The molecule has 0 bridgehead atoms. The Morgan fingerprint density at radius 3 is 2.55 bits per heavy atom. The Bertz CT molecular complexity index is 1050. The van der Waals surface area contributed by atoms with Gasteiger partial charge in [0.15, 0.2) is 5.75 Å². The summed E-state index contributed by atoms with van der Waals surface area (Å²) in [4.78, 5) is 40.7. The van der Waals surface area contributed by atoms with E-state index < -0.39 is 28.9 Å². The standard InChI is InChI=1S/C19H19ClFN3O4.Na/c1-22(2)18(27)15-11-6-7-24(9-10-4-5-13(21)12(20)8-10)17(26)14(11)16(25)19(28)23(15)3;/h4-5,8,25H,6-7,9H2,1-3H3;. The fraction of sp³-hybridized carbons (Fsp3) is 0.316. The molecule has 2 aromatic rings. The maximum Gasteiger partial charge on any atom is 0.293 e. The molecule has 0 atom stereocenters. The van der Waals surface area contributed by atoms with Crippen molar-refractivity contribution in [2.24, 2.45) is 7.05 Å². The molecule has 7 nitrogen and oxygen atoms in total. The van der Waals surface area contributed by atoms with Crippen LogP contribution in [0.2, 0.25) is 5.02 Å². The Kier molecular flexibility index (Phi) is 7.16. The van der Waals surface area contributed by atoms with Crippen LogP contribution in [0.5, 0.6) is 5.75 Å². The predicted octanol–water partition coefficient (Wildman–Crippen LogP) is 1.40. The van der Waals surface area contributed by atoms with Crippen LogP contribution < -0.4 is 5.56 Å². The number of rotatable bonds is 3. The van der Waals surface area contributed by atoms with E-state index >= 15 is 0 Å². The fourth-order valence-corrected chi connectivity index (χ4v) is 3.51. The van der Waals surface area contributed by atoms with E-state index in [1.807, 2.05) is 0 Å². The third kappa shape index (κ3) is 4.21. The summed E-state index contributed by atoms with van der Waals surface area (Å²) in [5, 5.41) is 10.3. The van der Waals surface area contributed by atoms with Gasteiger partial charge < -0.3 is 19.5 Å². The van der Waals surface area contributed by atoms with Crippen LogP contribution in [0.25, 0.3) is 0 Å². The SMILES string of the molecule is CN(C)C(=O)c1c2c(c(O)c(=O)n1C)C(=O)N(Cc1ccc(F)c(Cl)c1)CC2.[Na]. The summed E-state index contributed by atoms with van der Waals surface area (Å²) in [6.45, 7) is 0.399. The third-order valence-electron chi connectivity index (χ3n) is 4.77. The van der Waals surface area contributed by atoms with Gasteiger partial charge in [-0.15, -0.1) is 0 Å². The number of benzene rings is 1. The van der Waals surface area contributed by atoms with E-state index in [1.165, 1.54) is 35.0 Å². The molecule has 149 valence electrons. The van der Waals surface area contributed by atoms with Crippen molar-refractivity contribution in [2.45, 2.75) is 13.0 Å². The van der Waals surface area contributed by atoms with E-state index in [1.54, 1.807) is 14.1 Å². The van der Waals surface area contributed by atoms with E-state index in [0.717, 1.165) is 4.57 Å². The molecular formula is C19H19ClFN3NaO4. The second kappa shape index (κ2) is 8.87. The van der Waals surface area contributed by atoms with Crippen molar-refractivity contribution < 1.29 is 19.1 Å². The van der Waals surface area contributed by atoms with E-state index in [4.69, 9.17) is 11.6 Å². The van der Waals surface area contributed by atoms with Gasteiger partial charge in [-0.3, -0.25) is 14.4 Å². The normalized spacial score (nSPS) is 13.0. The van der Waals surface area contributed by atoms with Crippen LogP contribution in [0.15, 0.2) is 23.0 Å². The average Bonchev–Trinajstić information content (AvgIpc) is 2.64. The van der Waals surface area contributed by atoms with E-state index in [2.05, 4.69) is 0 Å². The zero-order chi connectivity index (χ0) is 20.7. The fourth-order valence-electron chi connectivity index (χ4n) is 3.30. The second-order valence-corrected chi connectivity index (χ2v) is 7.25. The number of amides is 2. The van der Waals surface area contributed by atoms with Crippen molar-refractivity contribution in [3.8, 4) is 5.75 Å². The van der Waals surface area contributed by atoms with Gasteiger partial charge in [0, 0.05) is 69.4 Å². The topological polar surface area (TPSA) is 82.9 Å². The minimum absolute atomic E-state index is 0. The first-order valence-corrected chi connectivity index (χ1v) is 8.91. The smallest absolute Gasteiger partial charge is 0.293 e. The molecule has 1 aliphatic rings. The van der Waals surface area contributed by atoms with E-state index in [9.17, 15) is 23.9 Å². The van der Waals surface area contributed by atoms with Gasteiger partial charge in [-0.05, 0) is 24.1 Å². The molecular weight excluding hydrogens is 412 g/mol. The van der Waals surface area contributed by atoms with Gasteiger partial charge in [-0.2, -0.15) is 0 Å². The second-order valence-electron chi connectivity index (χ2n) is 6.84. The monoisotopic (exact) mass is 430 g/mol. The zero-order valence-corrected chi connectivity index (χ0v) is 19.4. The molecule has 0 unspecified atom stereocenters. The number of nitrogens with zero attached hydrogens (tertiary/aromatic N) is 3. The largest absolute Gasteiger partial charge is 0.502 e. The van der Waals surface area contributed by atoms with Gasteiger partial charge in [0.05, 0.1) is 10.6 Å². The van der Waals surface area contributed by atoms with Gasteiger partial charge in [-0.25, -0.2) is 4.39 Å². The molecule has 29 heavy (non-hydrogen) atoms. The van der Waals surface area contributed by atoms with Crippen LogP contribution in [-0.2, 0) is 20.0 Å². The van der Waals surface area contributed by atoms with Gasteiger partial charge in [0.2, 0.25) is 0 Å². The minimum Gasteiger partial charge on any atom is -0.502 e. The summed E-state index contributed by atoms with van der Waals surface area (Å²) in [6.07, 6.45) is 0.284. The van der Waals surface area contributed by atoms with Crippen molar-refractivity contribution in [1.82, 2.24) is 14.4 Å². The zero-order valence-electron chi connectivity index (χ0n) is 16.6. The average molecular weight is 431 g/mol. The van der Waals surface area contributed by atoms with Crippen LogP contribution in [0.1, 0.15) is 32.0 Å². The number of hydrogen-bond donors (Lipinski definition) is 1. The Morgan fingerprint density at radius 2 is 1.97 bits per heavy atom. The molecule has 0 spiro atoms. The van der Waals surface area contributed by atoms with E-state index in [-0.39, 0.29) is 65.3 Å². The van der Waals surface area contributed by atoms with E-state index in [0.29, 0.717) is 11.1 Å². The molecule has 1 aromatic heterocycles. The number of carbonyl (C=O) groups excluding carboxylic acids is 2. The van der Waals surface area contributed by atoms with Gasteiger partial charge in [-0.1, -0.05) is 17.7 Å². The molecule has 0 saturated heterocycles. The maximum atomic E-state index is 13.4. The quantitative estimate of drug-likeness (QED) is 0.746. The van der Waals surface area contributed by atoms with Crippen molar-refractivity contribution in [3.63, 3.8) is 0 Å². The van der Waals surface area contributed by atoms with Crippen molar-refractivity contribution in [1.29, 1.82) is 0 Å². The Morgan fingerprint density at radius 1 is 1.31 bits per heavy atom. The Balaban J connectivity index is 0.00000300. The number of halogens is 2. The molecule has 1 aliphatic heterocycles. The molecule has 1 aromatic carbocycles. The summed E-state index contributed by atoms with van der Waals surface area (Å²) in [7, 11) is 4.47. The first-order chi connectivity index (χ1) is 13.1. The molecule has 0 aliphatic carbocycles. The van der Waals surface area contributed by atoms with Crippen molar-refractivity contribution in [3.05, 3.63) is 61.8 Å². The van der Waals surface area contributed by atoms with Gasteiger partial charge in [0.25, 0.3) is 17.4 Å². The van der Waals surface area contributed by atoms with Crippen LogP contribution in [0, 0.1) is 5.82 Å². The molecule has 0 saturated carbocycles. The summed E-state index contributed by atoms with van der Waals surface area (Å²) in [6, 6.07) is 4.14. The molecule has 3 rings (SSSR count). The molecule has 2 amide bonds. The summed E-state index contributed by atoms with van der Waals surface area (Å²) >= 11 is 5.79. The number of fused-ring (bicyclic) bond motifs is 1. The predicted molar refractivity (Wildman–Crippen MR) is 107 cm³/mol. The maximum absolute atomic E-state index is 13.4. The first kappa shape index (κ1) is 23.4. The first-order valence-electron chi connectivity index (χ1n) is 8.53. The Labute approximate surface area is 194 Å². The summed E-state index contributed by atoms with van der Waals surface area (Å²) in [5.41, 5.74) is 0.0603. The molecule has 1 N–H and O–H groups in total.